The average Bonchev–Trinajstić information content (AvgIpc) is 2.34. The summed E-state index contributed by atoms with van der Waals surface area (Å²) in [6, 6.07) is 4.74. The number of nitrogens with zero attached hydrogens (tertiary/aromatic N) is 1. The third-order valence-corrected chi connectivity index (χ3v) is 2.94. The Labute approximate surface area is 131 Å². The monoisotopic (exact) mass is 359 g/mol. The van der Waals surface area contributed by atoms with Crippen LogP contribution in [-0.2, 0) is 4.74 Å². The van der Waals surface area contributed by atoms with Crippen LogP contribution in [0.4, 0.5) is 16.2 Å². The minimum Gasteiger partial charge on any atom is -0.444 e. The molecule has 0 saturated carbocycles. The lowest BCUT2D eigenvalue weighted by Crippen LogP contribution is -2.34. The van der Waals surface area contributed by atoms with Crippen LogP contribution >= 0.6 is 15.9 Å². The largest absolute Gasteiger partial charge is 0.444 e. The topological polar surface area (TPSA) is 93.5 Å². The second kappa shape index (κ2) is 7.26. The number of amides is 1. The summed E-state index contributed by atoms with van der Waals surface area (Å²) in [5.41, 5.74) is 0.0556. The zero-order valence-corrected chi connectivity index (χ0v) is 13.7. The minimum absolute atomic E-state index is 0.0138. The van der Waals surface area contributed by atoms with Crippen LogP contribution in [0.1, 0.15) is 20.8 Å². The molecule has 0 unspecified atom stereocenters. The van der Waals surface area contributed by atoms with Gasteiger partial charge >= 0.3 is 6.09 Å². The number of nitro groups is 1. The van der Waals surface area contributed by atoms with Crippen LogP contribution in [0.25, 0.3) is 0 Å². The van der Waals surface area contributed by atoms with Crippen molar-refractivity contribution in [2.45, 2.75) is 26.4 Å². The molecule has 0 fully saturated rings. The van der Waals surface area contributed by atoms with Gasteiger partial charge in [-0.05, 0) is 48.8 Å². The van der Waals surface area contributed by atoms with Crippen molar-refractivity contribution in [3.05, 3.63) is 32.8 Å². The van der Waals surface area contributed by atoms with Gasteiger partial charge in [0.2, 0.25) is 0 Å². The molecule has 8 heteroatoms. The highest BCUT2D eigenvalue weighted by Crippen LogP contribution is 2.27. The maximum Gasteiger partial charge on any atom is 0.407 e. The second-order valence-corrected chi connectivity index (χ2v) is 6.13. The summed E-state index contributed by atoms with van der Waals surface area (Å²) in [4.78, 5) is 21.7. The molecule has 0 aliphatic heterocycles. The fraction of sp³-hybridized carbons (Fsp3) is 0.462. The molecule has 1 rings (SSSR count). The molecular formula is C13H18BrN3O4. The standard InChI is InChI=1S/C13H18BrN3O4/c1-13(2,3)21-12(18)16-7-6-15-9-4-5-10(14)11(8-9)17(19)20/h4-5,8,15H,6-7H2,1-3H3,(H,16,18). The lowest BCUT2D eigenvalue weighted by Gasteiger charge is -2.19. The predicted molar refractivity (Wildman–Crippen MR) is 83.5 cm³/mol. The quantitative estimate of drug-likeness (QED) is 0.477. The van der Waals surface area contributed by atoms with Crippen molar-refractivity contribution in [2.75, 3.05) is 18.4 Å². The Morgan fingerprint density at radius 1 is 1.38 bits per heavy atom. The van der Waals surface area contributed by atoms with Gasteiger partial charge in [-0.2, -0.15) is 0 Å². The number of rotatable bonds is 5. The van der Waals surface area contributed by atoms with Crippen LogP contribution in [0.3, 0.4) is 0 Å². The SMILES string of the molecule is CC(C)(C)OC(=O)NCCNc1ccc(Br)c([N+](=O)[O-])c1. The summed E-state index contributed by atoms with van der Waals surface area (Å²) in [6.45, 7) is 6.13. The zero-order valence-electron chi connectivity index (χ0n) is 12.1. The fourth-order valence-corrected chi connectivity index (χ4v) is 1.84. The van der Waals surface area contributed by atoms with Gasteiger partial charge in [0.05, 0.1) is 9.40 Å². The maximum atomic E-state index is 11.4. The van der Waals surface area contributed by atoms with E-state index in [0.717, 1.165) is 0 Å². The molecule has 0 aromatic heterocycles. The number of hydrogen-bond donors (Lipinski definition) is 2. The number of nitrogens with one attached hydrogen (secondary N) is 2. The van der Waals surface area contributed by atoms with E-state index in [2.05, 4.69) is 26.6 Å². The Morgan fingerprint density at radius 3 is 2.62 bits per heavy atom. The first-order valence-electron chi connectivity index (χ1n) is 6.34. The van der Waals surface area contributed by atoms with E-state index in [1.165, 1.54) is 6.07 Å². The van der Waals surface area contributed by atoms with E-state index >= 15 is 0 Å². The number of hydrogen-bond acceptors (Lipinski definition) is 5. The van der Waals surface area contributed by atoms with Gasteiger partial charge in [0, 0.05) is 24.8 Å². The lowest BCUT2D eigenvalue weighted by molar-refractivity contribution is -0.385. The van der Waals surface area contributed by atoms with Crippen molar-refractivity contribution < 1.29 is 14.5 Å². The summed E-state index contributed by atoms with van der Waals surface area (Å²) >= 11 is 3.12. The van der Waals surface area contributed by atoms with Crippen LogP contribution in [0.5, 0.6) is 0 Å². The van der Waals surface area contributed by atoms with Crippen LogP contribution in [-0.4, -0.2) is 29.7 Å². The number of benzene rings is 1. The Kier molecular flexibility index (Phi) is 5.95. The average molecular weight is 360 g/mol. The molecule has 7 nitrogen and oxygen atoms in total. The highest BCUT2D eigenvalue weighted by atomic mass is 79.9. The van der Waals surface area contributed by atoms with Gasteiger partial charge in [-0.1, -0.05) is 0 Å². The van der Waals surface area contributed by atoms with Crippen molar-refractivity contribution in [3.8, 4) is 0 Å². The molecule has 21 heavy (non-hydrogen) atoms. The highest BCUT2D eigenvalue weighted by molar-refractivity contribution is 9.10. The number of carbonyl (C=O) groups excluding carboxylic acids is 1. The third-order valence-electron chi connectivity index (χ3n) is 2.27. The summed E-state index contributed by atoms with van der Waals surface area (Å²) < 4.78 is 5.50. The summed E-state index contributed by atoms with van der Waals surface area (Å²) in [7, 11) is 0. The number of nitro benzene ring substituents is 1. The molecule has 0 bridgehead atoms. The molecule has 0 aliphatic rings. The molecule has 0 atom stereocenters. The van der Waals surface area contributed by atoms with Gasteiger partial charge in [0.1, 0.15) is 5.60 Å². The van der Waals surface area contributed by atoms with E-state index in [-0.39, 0.29) is 5.69 Å². The zero-order chi connectivity index (χ0) is 16.0. The molecule has 1 aromatic rings. The number of alkyl carbamates (subject to hydrolysis) is 1. The molecule has 0 aliphatic carbocycles. The molecule has 116 valence electrons. The van der Waals surface area contributed by atoms with E-state index in [0.29, 0.717) is 23.2 Å². The smallest absolute Gasteiger partial charge is 0.407 e. The number of halogens is 1. The van der Waals surface area contributed by atoms with Crippen molar-refractivity contribution in [1.82, 2.24) is 5.32 Å². The molecule has 2 N–H and O–H groups in total. The molecule has 0 radical (unpaired) electrons. The predicted octanol–water partition coefficient (Wildman–Crippen LogP) is 3.29. The normalized spacial score (nSPS) is 10.9. The molecule has 0 spiro atoms. The van der Waals surface area contributed by atoms with E-state index in [4.69, 9.17) is 4.74 Å². The van der Waals surface area contributed by atoms with E-state index in [1.807, 2.05) is 0 Å². The summed E-state index contributed by atoms with van der Waals surface area (Å²) in [6.07, 6.45) is -0.494. The number of carbonyl (C=O) groups is 1. The van der Waals surface area contributed by atoms with E-state index in [9.17, 15) is 14.9 Å². The fourth-order valence-electron chi connectivity index (χ4n) is 1.45. The first-order chi connectivity index (χ1) is 9.69. The van der Waals surface area contributed by atoms with Crippen molar-refractivity contribution >= 4 is 33.4 Å². The van der Waals surface area contributed by atoms with E-state index in [1.54, 1.807) is 32.9 Å². The van der Waals surface area contributed by atoms with E-state index < -0.39 is 16.6 Å². The second-order valence-electron chi connectivity index (χ2n) is 5.28. The van der Waals surface area contributed by atoms with Crippen molar-refractivity contribution in [2.24, 2.45) is 0 Å². The lowest BCUT2D eigenvalue weighted by atomic mass is 10.2. The molecular weight excluding hydrogens is 342 g/mol. The van der Waals surface area contributed by atoms with Crippen molar-refractivity contribution in [1.29, 1.82) is 0 Å². The molecule has 0 saturated heterocycles. The number of ether oxygens (including phenoxy) is 1. The Hall–Kier alpha value is -1.83. The Balaban J connectivity index is 2.41. The van der Waals surface area contributed by atoms with Gasteiger partial charge in [0.25, 0.3) is 5.69 Å². The van der Waals surface area contributed by atoms with Crippen LogP contribution in [0.15, 0.2) is 22.7 Å². The van der Waals surface area contributed by atoms with Crippen molar-refractivity contribution in [3.63, 3.8) is 0 Å². The first-order valence-corrected chi connectivity index (χ1v) is 7.13. The van der Waals surface area contributed by atoms with Crippen LogP contribution < -0.4 is 10.6 Å². The first kappa shape index (κ1) is 17.2. The van der Waals surface area contributed by atoms with Gasteiger partial charge in [0.15, 0.2) is 0 Å². The highest BCUT2D eigenvalue weighted by Gasteiger charge is 2.15. The molecule has 1 aromatic carbocycles. The summed E-state index contributed by atoms with van der Waals surface area (Å²) in [5.74, 6) is 0. The summed E-state index contributed by atoms with van der Waals surface area (Å²) in [5, 5.41) is 16.4. The van der Waals surface area contributed by atoms with Gasteiger partial charge < -0.3 is 15.4 Å². The Morgan fingerprint density at radius 2 is 2.05 bits per heavy atom. The van der Waals surface area contributed by atoms with Crippen LogP contribution in [0, 0.1) is 10.1 Å². The minimum atomic E-state index is -0.538. The van der Waals surface area contributed by atoms with Crippen LogP contribution in [0.2, 0.25) is 0 Å². The molecule has 1 amide bonds. The molecule has 0 heterocycles. The van der Waals surface area contributed by atoms with Gasteiger partial charge in [-0.15, -0.1) is 0 Å². The maximum absolute atomic E-state index is 11.4. The third kappa shape index (κ3) is 6.44. The Bertz CT molecular complexity index is 529. The number of anilines is 1. The van der Waals surface area contributed by atoms with Gasteiger partial charge in [-0.3, -0.25) is 10.1 Å². The van der Waals surface area contributed by atoms with Gasteiger partial charge in [-0.25, -0.2) is 4.79 Å².